The largest absolute Gasteiger partial charge is 0.508 e. The normalized spacial score (nSPS) is 15.3. The molecular formula is C21H23N5O4. The molecule has 9 heteroatoms. The van der Waals surface area contributed by atoms with E-state index < -0.39 is 11.9 Å². The zero-order valence-electron chi connectivity index (χ0n) is 16.3. The second kappa shape index (κ2) is 8.03. The highest BCUT2D eigenvalue weighted by Crippen LogP contribution is 2.27. The van der Waals surface area contributed by atoms with Gasteiger partial charge in [0.25, 0.3) is 5.91 Å². The van der Waals surface area contributed by atoms with Crippen molar-refractivity contribution < 1.29 is 19.4 Å². The van der Waals surface area contributed by atoms with E-state index in [1.165, 1.54) is 0 Å². The lowest BCUT2D eigenvalue weighted by Crippen LogP contribution is -2.40. The third kappa shape index (κ3) is 3.79. The van der Waals surface area contributed by atoms with E-state index in [1.54, 1.807) is 51.9 Å². The van der Waals surface area contributed by atoms with Crippen LogP contribution in [0, 0.1) is 0 Å². The van der Waals surface area contributed by atoms with Gasteiger partial charge < -0.3 is 26.2 Å². The molecule has 4 rings (SSSR count). The molecule has 30 heavy (non-hydrogen) atoms. The number of nitrogens with two attached hydrogens (primary N) is 2. The van der Waals surface area contributed by atoms with E-state index in [2.05, 4.69) is 4.98 Å². The SMILES string of the molecule is NC(=O)[C@@H](Cc1ccc(O)cc1)n1c(N)nc2cc(C(=O)N3CCOCC3)ccc21. The van der Waals surface area contributed by atoms with Gasteiger partial charge in [0.05, 0.1) is 24.2 Å². The number of nitrogens with zero attached hydrogens (tertiary/aromatic N) is 3. The van der Waals surface area contributed by atoms with Crippen molar-refractivity contribution in [1.82, 2.24) is 14.5 Å². The number of phenolic OH excluding ortho intramolecular Hbond substituents is 1. The predicted octanol–water partition coefficient (Wildman–Crippen LogP) is 1.07. The van der Waals surface area contributed by atoms with Gasteiger partial charge in [0.1, 0.15) is 11.8 Å². The van der Waals surface area contributed by atoms with E-state index in [1.807, 2.05) is 0 Å². The van der Waals surface area contributed by atoms with Crippen molar-refractivity contribution in [3.8, 4) is 5.75 Å². The minimum absolute atomic E-state index is 0.0936. The number of carbonyl (C=O) groups excluding carboxylic acids is 2. The van der Waals surface area contributed by atoms with Crippen molar-refractivity contribution in [3.05, 3.63) is 53.6 Å². The van der Waals surface area contributed by atoms with Gasteiger partial charge in [0.2, 0.25) is 11.9 Å². The summed E-state index contributed by atoms with van der Waals surface area (Å²) in [5.41, 5.74) is 14.3. The quantitative estimate of drug-likeness (QED) is 0.576. The number of aromatic hydroxyl groups is 1. The van der Waals surface area contributed by atoms with E-state index in [9.17, 15) is 14.7 Å². The van der Waals surface area contributed by atoms with Crippen LogP contribution in [0.1, 0.15) is 22.0 Å². The molecule has 5 N–H and O–H groups in total. The smallest absolute Gasteiger partial charge is 0.254 e. The number of benzene rings is 2. The zero-order chi connectivity index (χ0) is 21.3. The fourth-order valence-electron chi connectivity index (χ4n) is 3.70. The molecule has 2 heterocycles. The van der Waals surface area contributed by atoms with E-state index in [0.717, 1.165) is 5.56 Å². The van der Waals surface area contributed by atoms with Crippen LogP contribution < -0.4 is 11.5 Å². The molecule has 0 bridgehead atoms. The topological polar surface area (TPSA) is 137 Å². The molecule has 1 aromatic heterocycles. The molecule has 0 unspecified atom stereocenters. The number of amides is 2. The summed E-state index contributed by atoms with van der Waals surface area (Å²) in [7, 11) is 0. The maximum Gasteiger partial charge on any atom is 0.254 e. The van der Waals surface area contributed by atoms with Gasteiger partial charge in [-0.1, -0.05) is 12.1 Å². The van der Waals surface area contributed by atoms with Crippen LogP contribution in [0.3, 0.4) is 0 Å². The molecule has 1 fully saturated rings. The average molecular weight is 409 g/mol. The third-order valence-electron chi connectivity index (χ3n) is 5.27. The monoisotopic (exact) mass is 409 g/mol. The van der Waals surface area contributed by atoms with Crippen molar-refractivity contribution in [2.24, 2.45) is 5.73 Å². The second-order valence-electron chi connectivity index (χ2n) is 7.24. The van der Waals surface area contributed by atoms with E-state index in [0.29, 0.717) is 49.3 Å². The number of phenols is 1. The molecule has 1 atom stereocenters. The second-order valence-corrected chi connectivity index (χ2v) is 7.24. The van der Waals surface area contributed by atoms with Gasteiger partial charge in [-0.2, -0.15) is 0 Å². The number of fused-ring (bicyclic) bond motifs is 1. The molecule has 2 amide bonds. The van der Waals surface area contributed by atoms with Crippen LogP contribution in [0.4, 0.5) is 5.95 Å². The maximum absolute atomic E-state index is 12.8. The summed E-state index contributed by atoms with van der Waals surface area (Å²) in [6, 6.07) is 10.9. The number of rotatable bonds is 5. The lowest BCUT2D eigenvalue weighted by atomic mass is 10.0. The number of nitrogen functional groups attached to an aromatic ring is 1. The molecule has 3 aromatic rings. The number of hydrogen-bond acceptors (Lipinski definition) is 6. The molecule has 0 saturated carbocycles. The highest BCUT2D eigenvalue weighted by Gasteiger charge is 2.25. The van der Waals surface area contributed by atoms with E-state index in [4.69, 9.17) is 16.2 Å². The molecule has 1 aliphatic heterocycles. The molecule has 0 aliphatic carbocycles. The third-order valence-corrected chi connectivity index (χ3v) is 5.27. The number of carbonyl (C=O) groups is 2. The summed E-state index contributed by atoms with van der Waals surface area (Å²) in [4.78, 5) is 31.1. The molecule has 1 aliphatic rings. The number of primary amides is 1. The number of morpholine rings is 1. The van der Waals surface area contributed by atoms with Crippen LogP contribution in [0.5, 0.6) is 5.75 Å². The Labute approximate surface area is 172 Å². The Bertz CT molecular complexity index is 1090. The van der Waals surface area contributed by atoms with Gasteiger partial charge in [-0.25, -0.2) is 4.98 Å². The molecular weight excluding hydrogens is 386 g/mol. The first kappa shape index (κ1) is 19.7. The first-order valence-corrected chi connectivity index (χ1v) is 9.66. The van der Waals surface area contributed by atoms with Crippen molar-refractivity contribution in [2.45, 2.75) is 12.5 Å². The molecule has 156 valence electrons. The van der Waals surface area contributed by atoms with Crippen LogP contribution in [0.25, 0.3) is 11.0 Å². The Morgan fingerprint density at radius 2 is 1.83 bits per heavy atom. The Balaban J connectivity index is 1.67. The summed E-state index contributed by atoms with van der Waals surface area (Å²) in [5.74, 6) is -0.366. The van der Waals surface area contributed by atoms with Gasteiger partial charge in [-0.15, -0.1) is 0 Å². The van der Waals surface area contributed by atoms with Crippen LogP contribution in [-0.2, 0) is 16.0 Å². The number of hydrogen-bond donors (Lipinski definition) is 3. The number of aromatic nitrogens is 2. The molecule has 2 aromatic carbocycles. The summed E-state index contributed by atoms with van der Waals surface area (Å²) >= 11 is 0. The average Bonchev–Trinajstić information content (AvgIpc) is 3.08. The van der Waals surface area contributed by atoms with Gasteiger partial charge in [-0.3, -0.25) is 14.2 Å². The van der Waals surface area contributed by atoms with Gasteiger partial charge in [-0.05, 0) is 35.9 Å². The van der Waals surface area contributed by atoms with Gasteiger partial charge >= 0.3 is 0 Å². The summed E-state index contributed by atoms with van der Waals surface area (Å²) in [5, 5.41) is 9.47. The summed E-state index contributed by atoms with van der Waals surface area (Å²) in [6.07, 6.45) is 0.291. The Morgan fingerprint density at radius 3 is 2.50 bits per heavy atom. The first-order valence-electron chi connectivity index (χ1n) is 9.66. The molecule has 0 spiro atoms. The molecule has 1 saturated heterocycles. The molecule has 0 radical (unpaired) electrons. The van der Waals surface area contributed by atoms with Crippen molar-refractivity contribution in [3.63, 3.8) is 0 Å². The zero-order valence-corrected chi connectivity index (χ0v) is 16.3. The highest BCUT2D eigenvalue weighted by atomic mass is 16.5. The number of imidazole rings is 1. The Morgan fingerprint density at radius 1 is 1.13 bits per heavy atom. The predicted molar refractivity (Wildman–Crippen MR) is 111 cm³/mol. The minimum Gasteiger partial charge on any atom is -0.508 e. The lowest BCUT2D eigenvalue weighted by molar-refractivity contribution is -0.121. The summed E-state index contributed by atoms with van der Waals surface area (Å²) < 4.78 is 6.89. The number of ether oxygens (including phenoxy) is 1. The Hall–Kier alpha value is -3.59. The van der Waals surface area contributed by atoms with Gasteiger partial charge in [0.15, 0.2) is 0 Å². The molecule has 9 nitrogen and oxygen atoms in total. The van der Waals surface area contributed by atoms with Crippen molar-refractivity contribution in [2.75, 3.05) is 32.0 Å². The fraction of sp³-hybridized carbons (Fsp3) is 0.286. The van der Waals surface area contributed by atoms with Crippen molar-refractivity contribution in [1.29, 1.82) is 0 Å². The van der Waals surface area contributed by atoms with E-state index >= 15 is 0 Å². The fourth-order valence-corrected chi connectivity index (χ4v) is 3.70. The van der Waals surface area contributed by atoms with Crippen molar-refractivity contribution >= 4 is 28.8 Å². The standard InChI is InChI=1S/C21H23N5O4/c22-19(28)18(11-13-1-4-15(27)5-2-13)26-17-6-3-14(12-16(17)24-21(26)23)20(29)25-7-9-30-10-8-25/h1-6,12,18,27H,7-11H2,(H2,22,28)(H2,23,24)/t18-/m1/s1. The van der Waals surface area contributed by atoms with Crippen LogP contribution in [0.15, 0.2) is 42.5 Å². The summed E-state index contributed by atoms with van der Waals surface area (Å²) in [6.45, 7) is 2.13. The minimum atomic E-state index is -0.764. The number of anilines is 1. The van der Waals surface area contributed by atoms with Crippen LogP contribution in [-0.4, -0.2) is 57.7 Å². The Kier molecular flexibility index (Phi) is 5.28. The van der Waals surface area contributed by atoms with Gasteiger partial charge in [0, 0.05) is 25.1 Å². The maximum atomic E-state index is 12.8. The van der Waals surface area contributed by atoms with Crippen LogP contribution >= 0.6 is 0 Å². The highest BCUT2D eigenvalue weighted by molar-refractivity contribution is 5.98. The lowest BCUT2D eigenvalue weighted by Gasteiger charge is -2.26. The van der Waals surface area contributed by atoms with E-state index in [-0.39, 0.29) is 17.6 Å². The van der Waals surface area contributed by atoms with Crippen LogP contribution in [0.2, 0.25) is 0 Å². The first-order chi connectivity index (χ1) is 14.4.